The van der Waals surface area contributed by atoms with Gasteiger partial charge < -0.3 is 10.0 Å². The van der Waals surface area contributed by atoms with Crippen LogP contribution in [0.5, 0.6) is 0 Å². The van der Waals surface area contributed by atoms with Gasteiger partial charge in [0, 0.05) is 19.8 Å². The fourth-order valence-electron chi connectivity index (χ4n) is 2.42. The van der Waals surface area contributed by atoms with Gasteiger partial charge in [-0.25, -0.2) is 0 Å². The highest BCUT2D eigenvalue weighted by molar-refractivity contribution is 5.95. The van der Waals surface area contributed by atoms with Crippen LogP contribution in [0, 0.1) is 6.92 Å². The molecule has 2 heterocycles. The number of aromatic nitrogens is 2. The fourth-order valence-corrected chi connectivity index (χ4v) is 2.42. The highest BCUT2D eigenvalue weighted by Gasteiger charge is 2.28. The molecule has 17 heavy (non-hydrogen) atoms. The fraction of sp³-hybridized carbons (Fsp3) is 0.667. The molecule has 1 fully saturated rings. The number of aliphatic hydroxyl groups is 1. The zero-order valence-electron chi connectivity index (χ0n) is 10.4. The molecule has 1 aromatic rings. The van der Waals surface area contributed by atoms with E-state index in [4.69, 9.17) is 0 Å². The third-order valence-electron chi connectivity index (χ3n) is 3.34. The second kappa shape index (κ2) is 4.87. The van der Waals surface area contributed by atoms with Crippen LogP contribution in [0.4, 0.5) is 0 Å². The van der Waals surface area contributed by atoms with Gasteiger partial charge in [-0.1, -0.05) is 0 Å². The van der Waals surface area contributed by atoms with E-state index in [1.165, 1.54) is 0 Å². The van der Waals surface area contributed by atoms with Gasteiger partial charge in [-0.3, -0.25) is 9.48 Å². The molecular formula is C12H19N3O2. The number of piperidine rings is 1. The highest BCUT2D eigenvalue weighted by atomic mass is 16.3. The van der Waals surface area contributed by atoms with E-state index in [1.807, 2.05) is 14.0 Å². The second-order valence-electron chi connectivity index (χ2n) is 4.63. The summed E-state index contributed by atoms with van der Waals surface area (Å²) in [7, 11) is 1.81. The number of nitrogens with zero attached hydrogens (tertiary/aromatic N) is 3. The maximum atomic E-state index is 12.4. The Bertz CT molecular complexity index is 414. The molecule has 0 aromatic carbocycles. The number of carbonyl (C=O) groups excluding carboxylic acids is 1. The first-order valence-corrected chi connectivity index (χ1v) is 6.05. The van der Waals surface area contributed by atoms with Crippen LogP contribution in [-0.2, 0) is 7.05 Å². The highest BCUT2D eigenvalue weighted by Crippen LogP contribution is 2.20. The predicted molar refractivity (Wildman–Crippen MR) is 63.7 cm³/mol. The number of likely N-dealkylation sites (tertiary alicyclic amines) is 1. The summed E-state index contributed by atoms with van der Waals surface area (Å²) in [5, 5.41) is 13.5. The Morgan fingerprint density at radius 1 is 1.59 bits per heavy atom. The number of hydrogen-bond donors (Lipinski definition) is 1. The van der Waals surface area contributed by atoms with Crippen LogP contribution >= 0.6 is 0 Å². The number of carbonyl (C=O) groups is 1. The maximum absolute atomic E-state index is 12.4. The number of amides is 1. The van der Waals surface area contributed by atoms with Crippen molar-refractivity contribution in [2.45, 2.75) is 32.2 Å². The van der Waals surface area contributed by atoms with Crippen molar-refractivity contribution in [1.82, 2.24) is 14.7 Å². The van der Waals surface area contributed by atoms with Gasteiger partial charge in [0.1, 0.15) is 0 Å². The number of aliphatic hydroxyl groups excluding tert-OH is 1. The lowest BCUT2D eigenvalue weighted by Gasteiger charge is -2.34. The average Bonchev–Trinajstić information content (AvgIpc) is 2.67. The van der Waals surface area contributed by atoms with E-state index in [2.05, 4.69) is 5.10 Å². The molecule has 1 aliphatic heterocycles. The first-order chi connectivity index (χ1) is 8.13. The van der Waals surface area contributed by atoms with Gasteiger partial charge in [0.25, 0.3) is 5.91 Å². The zero-order chi connectivity index (χ0) is 12.4. The Morgan fingerprint density at radius 3 is 2.94 bits per heavy atom. The molecule has 5 nitrogen and oxygen atoms in total. The first-order valence-electron chi connectivity index (χ1n) is 6.05. The third kappa shape index (κ3) is 2.34. The number of rotatable bonds is 2. The molecule has 1 saturated heterocycles. The SMILES string of the molecule is Cc1nn(C)cc1C(=O)N1CCCCC1CO. The van der Waals surface area contributed by atoms with E-state index in [0.29, 0.717) is 5.56 Å². The topological polar surface area (TPSA) is 58.4 Å². The lowest BCUT2D eigenvalue weighted by molar-refractivity contribution is 0.0502. The van der Waals surface area contributed by atoms with Crippen LogP contribution in [0.2, 0.25) is 0 Å². The van der Waals surface area contributed by atoms with Gasteiger partial charge in [-0.15, -0.1) is 0 Å². The standard InChI is InChI=1S/C12H19N3O2/c1-9-11(7-14(2)13-9)12(17)15-6-4-3-5-10(15)8-16/h7,10,16H,3-6,8H2,1-2H3. The van der Waals surface area contributed by atoms with E-state index in [0.717, 1.165) is 31.5 Å². The lowest BCUT2D eigenvalue weighted by atomic mass is 10.0. The third-order valence-corrected chi connectivity index (χ3v) is 3.34. The van der Waals surface area contributed by atoms with Gasteiger partial charge in [0.15, 0.2) is 0 Å². The van der Waals surface area contributed by atoms with Crippen molar-refractivity contribution in [3.05, 3.63) is 17.5 Å². The van der Waals surface area contributed by atoms with E-state index < -0.39 is 0 Å². The summed E-state index contributed by atoms with van der Waals surface area (Å²) in [5.41, 5.74) is 1.40. The van der Waals surface area contributed by atoms with Gasteiger partial charge in [-0.2, -0.15) is 5.10 Å². The van der Waals surface area contributed by atoms with Crippen molar-refractivity contribution in [3.8, 4) is 0 Å². The number of aryl methyl sites for hydroxylation is 2. The summed E-state index contributed by atoms with van der Waals surface area (Å²) in [6.07, 6.45) is 4.74. The van der Waals surface area contributed by atoms with Crippen molar-refractivity contribution >= 4 is 5.91 Å². The zero-order valence-corrected chi connectivity index (χ0v) is 10.4. The van der Waals surface area contributed by atoms with Crippen LogP contribution in [0.25, 0.3) is 0 Å². The normalized spacial score (nSPS) is 20.6. The summed E-state index contributed by atoms with van der Waals surface area (Å²) in [5.74, 6) is -0.00523. The van der Waals surface area contributed by atoms with E-state index in [1.54, 1.807) is 15.8 Å². The van der Waals surface area contributed by atoms with Crippen molar-refractivity contribution in [2.75, 3.05) is 13.2 Å². The van der Waals surface area contributed by atoms with E-state index in [9.17, 15) is 9.90 Å². The number of hydrogen-bond acceptors (Lipinski definition) is 3. The maximum Gasteiger partial charge on any atom is 0.257 e. The molecule has 94 valence electrons. The van der Waals surface area contributed by atoms with Gasteiger partial charge in [-0.05, 0) is 26.2 Å². The minimum absolute atomic E-state index is 0.00523. The van der Waals surface area contributed by atoms with E-state index in [-0.39, 0.29) is 18.6 Å². The second-order valence-corrected chi connectivity index (χ2v) is 4.63. The molecule has 1 amide bonds. The monoisotopic (exact) mass is 237 g/mol. The van der Waals surface area contributed by atoms with Crippen LogP contribution in [0.15, 0.2) is 6.20 Å². The minimum Gasteiger partial charge on any atom is -0.394 e. The predicted octanol–water partition coefficient (Wildman–Crippen LogP) is 0.716. The molecule has 0 bridgehead atoms. The molecule has 0 saturated carbocycles. The first kappa shape index (κ1) is 12.1. The van der Waals surface area contributed by atoms with Crippen molar-refractivity contribution in [3.63, 3.8) is 0 Å². The molecule has 2 rings (SSSR count). The molecule has 0 aliphatic carbocycles. The van der Waals surface area contributed by atoms with E-state index >= 15 is 0 Å². The Hall–Kier alpha value is -1.36. The van der Waals surface area contributed by atoms with Crippen molar-refractivity contribution < 1.29 is 9.90 Å². The summed E-state index contributed by atoms with van der Waals surface area (Å²) in [4.78, 5) is 14.1. The molecule has 0 spiro atoms. The minimum atomic E-state index is -0.0316. The molecule has 1 atom stereocenters. The van der Waals surface area contributed by atoms with Gasteiger partial charge in [0.2, 0.25) is 0 Å². The molecular weight excluding hydrogens is 218 g/mol. The summed E-state index contributed by atoms with van der Waals surface area (Å²) >= 11 is 0. The van der Waals surface area contributed by atoms with Gasteiger partial charge >= 0.3 is 0 Å². The molecule has 1 aromatic heterocycles. The molecule has 5 heteroatoms. The molecule has 1 aliphatic rings. The van der Waals surface area contributed by atoms with Crippen LogP contribution in [-0.4, -0.2) is 44.9 Å². The van der Waals surface area contributed by atoms with Crippen LogP contribution in [0.3, 0.4) is 0 Å². The molecule has 1 N–H and O–H groups in total. The smallest absolute Gasteiger partial charge is 0.257 e. The van der Waals surface area contributed by atoms with Gasteiger partial charge in [0.05, 0.1) is 23.9 Å². The van der Waals surface area contributed by atoms with Crippen molar-refractivity contribution in [1.29, 1.82) is 0 Å². The van der Waals surface area contributed by atoms with Crippen LogP contribution < -0.4 is 0 Å². The summed E-state index contributed by atoms with van der Waals surface area (Å²) < 4.78 is 1.65. The molecule has 0 radical (unpaired) electrons. The quantitative estimate of drug-likeness (QED) is 0.824. The molecule has 1 unspecified atom stereocenters. The average molecular weight is 237 g/mol. The Balaban J connectivity index is 2.21. The van der Waals surface area contributed by atoms with Crippen molar-refractivity contribution in [2.24, 2.45) is 7.05 Å². The van der Waals surface area contributed by atoms with Crippen LogP contribution in [0.1, 0.15) is 35.3 Å². The summed E-state index contributed by atoms with van der Waals surface area (Å²) in [6.45, 7) is 2.62. The Morgan fingerprint density at radius 2 is 2.35 bits per heavy atom. The lowest BCUT2D eigenvalue weighted by Crippen LogP contribution is -2.45. The largest absolute Gasteiger partial charge is 0.394 e. The Kier molecular flexibility index (Phi) is 3.47. The Labute approximate surface area is 101 Å². The summed E-state index contributed by atoms with van der Waals surface area (Å²) in [6, 6.07) is -0.0316.